The largest absolute Gasteiger partial charge is 0.482 e. The molecule has 168 valence electrons. The Hall–Kier alpha value is -1.57. The average molecular weight is 425 g/mol. The maximum atomic E-state index is 12.8. The quantitative estimate of drug-likeness (QED) is 0.613. The van der Waals surface area contributed by atoms with Crippen LogP contribution in [0.4, 0.5) is 4.79 Å². The zero-order valence-corrected chi connectivity index (χ0v) is 19.0. The number of nitrogens with one attached hydrogen (secondary N) is 3. The normalized spacial score (nSPS) is 36.4. The van der Waals surface area contributed by atoms with Crippen molar-refractivity contribution in [2.24, 2.45) is 17.3 Å². The Morgan fingerprint density at radius 2 is 2.06 bits per heavy atom. The van der Waals surface area contributed by atoms with Crippen LogP contribution < -0.4 is 16.0 Å². The van der Waals surface area contributed by atoms with Crippen LogP contribution >= 0.6 is 0 Å². The average Bonchev–Trinajstić information content (AvgIpc) is 3.39. The molecular weight excluding hydrogens is 389 g/mol. The first kappa shape index (κ1) is 21.3. The first-order valence-electron chi connectivity index (χ1n) is 12.0. The summed E-state index contributed by atoms with van der Waals surface area (Å²) < 4.78 is 13.2. The Balaban J connectivity index is 1.28. The predicted molar refractivity (Wildman–Crippen MR) is 122 cm³/mol. The fourth-order valence-electron chi connectivity index (χ4n) is 6.52. The van der Waals surface area contributed by atoms with Gasteiger partial charge in [0.1, 0.15) is 0 Å². The molecule has 3 saturated carbocycles. The summed E-state index contributed by atoms with van der Waals surface area (Å²) in [7, 11) is -0.430. The Morgan fingerprint density at radius 3 is 2.77 bits per heavy atom. The molecule has 6 atom stereocenters. The molecule has 2 aliphatic heterocycles. The zero-order chi connectivity index (χ0) is 21.6. The molecule has 2 amide bonds. The van der Waals surface area contributed by atoms with Gasteiger partial charge in [-0.05, 0) is 68.4 Å². The highest BCUT2D eigenvalue weighted by Gasteiger charge is 2.68. The molecule has 3 N–H and O–H groups in total. The number of amides is 2. The molecule has 1 aromatic rings. The van der Waals surface area contributed by atoms with Crippen LogP contribution in [0.15, 0.2) is 30.3 Å². The third-order valence-corrected chi connectivity index (χ3v) is 8.58. The minimum atomic E-state index is -0.430. The Kier molecular flexibility index (Phi) is 5.56. The van der Waals surface area contributed by atoms with E-state index in [0.717, 1.165) is 19.4 Å². The molecule has 2 bridgehead atoms. The van der Waals surface area contributed by atoms with Gasteiger partial charge in [0.25, 0.3) is 0 Å². The molecule has 0 spiro atoms. The van der Waals surface area contributed by atoms with Gasteiger partial charge in [0.2, 0.25) is 0 Å². The van der Waals surface area contributed by atoms with Gasteiger partial charge in [-0.25, -0.2) is 4.79 Å². The Bertz CT molecular complexity index is 801. The van der Waals surface area contributed by atoms with Crippen LogP contribution in [-0.4, -0.2) is 49.9 Å². The monoisotopic (exact) mass is 425 g/mol. The summed E-state index contributed by atoms with van der Waals surface area (Å²) in [6, 6.07) is 10.5. The number of urea groups is 1. The lowest BCUT2D eigenvalue weighted by molar-refractivity contribution is -0.199. The van der Waals surface area contributed by atoms with Crippen LogP contribution in [-0.2, 0) is 15.7 Å². The maximum absolute atomic E-state index is 12.8. The molecule has 2 heterocycles. The van der Waals surface area contributed by atoms with Gasteiger partial charge in [-0.3, -0.25) is 0 Å². The highest BCUT2D eigenvalue weighted by Crippen LogP contribution is 2.65. The lowest BCUT2D eigenvalue weighted by Crippen LogP contribution is -2.65. The van der Waals surface area contributed by atoms with Crippen LogP contribution in [0, 0.1) is 17.3 Å². The van der Waals surface area contributed by atoms with Crippen molar-refractivity contribution < 1.29 is 14.1 Å². The zero-order valence-electron chi connectivity index (χ0n) is 19.0. The second kappa shape index (κ2) is 8.09. The van der Waals surface area contributed by atoms with Crippen LogP contribution in [0.25, 0.3) is 0 Å². The van der Waals surface area contributed by atoms with Crippen molar-refractivity contribution in [3.05, 3.63) is 35.9 Å². The molecule has 1 aromatic carbocycles. The highest BCUT2D eigenvalue weighted by atomic mass is 16.7. The van der Waals surface area contributed by atoms with E-state index in [1.807, 2.05) is 18.2 Å². The smallest absolute Gasteiger partial charge is 0.404 e. The summed E-state index contributed by atoms with van der Waals surface area (Å²) >= 11 is 0. The molecule has 0 radical (unpaired) electrons. The first-order valence-corrected chi connectivity index (χ1v) is 12.0. The minimum Gasteiger partial charge on any atom is -0.404 e. The number of rotatable bonds is 6. The minimum absolute atomic E-state index is 0.111. The lowest BCUT2D eigenvalue weighted by Gasteiger charge is -2.64. The molecule has 6 nitrogen and oxygen atoms in total. The van der Waals surface area contributed by atoms with E-state index in [9.17, 15) is 4.79 Å². The molecule has 7 heteroatoms. The molecule has 5 fully saturated rings. The van der Waals surface area contributed by atoms with Crippen LogP contribution in [0.1, 0.15) is 52.0 Å². The summed E-state index contributed by atoms with van der Waals surface area (Å²) in [5.74, 6) is 0.982. The lowest BCUT2D eigenvalue weighted by atomic mass is 9.43. The number of benzene rings is 1. The van der Waals surface area contributed by atoms with E-state index in [2.05, 4.69) is 48.9 Å². The number of carbonyl (C=O) groups is 1. The predicted octanol–water partition coefficient (Wildman–Crippen LogP) is 2.92. The van der Waals surface area contributed by atoms with E-state index < -0.39 is 7.12 Å². The van der Waals surface area contributed by atoms with E-state index in [0.29, 0.717) is 36.3 Å². The van der Waals surface area contributed by atoms with Gasteiger partial charge in [0, 0.05) is 12.6 Å². The molecule has 3 aliphatic carbocycles. The molecule has 2 saturated heterocycles. The molecule has 0 unspecified atom stereocenters. The van der Waals surface area contributed by atoms with Crippen molar-refractivity contribution in [3.63, 3.8) is 0 Å². The van der Waals surface area contributed by atoms with Crippen molar-refractivity contribution in [1.82, 2.24) is 16.0 Å². The summed E-state index contributed by atoms with van der Waals surface area (Å²) in [5.41, 5.74) is 1.20. The molecule has 31 heavy (non-hydrogen) atoms. The van der Waals surface area contributed by atoms with E-state index >= 15 is 0 Å². The van der Waals surface area contributed by atoms with Crippen molar-refractivity contribution in [3.8, 4) is 0 Å². The number of hydrogen-bond donors (Lipinski definition) is 3. The first-order chi connectivity index (χ1) is 14.9. The standard InChI is InChI=1S/C24H36BN3O3/c1-23(2)17-13-19(23)24(3)20(14-17)30-25(31-24)21(12-16-8-5-4-6-9-16)28-22(29)27-15-18-10-7-11-26-18/h4-6,8-9,17-21,26H,7,10-15H2,1-3H3,(H2,27,28,29)/t17-,18-,19-,20+,21-,24-/m0/s1. The summed E-state index contributed by atoms with van der Waals surface area (Å²) in [5, 5.41) is 9.65. The Labute approximate surface area is 186 Å². The Morgan fingerprint density at radius 1 is 1.26 bits per heavy atom. The van der Waals surface area contributed by atoms with Crippen molar-refractivity contribution >= 4 is 13.1 Å². The third-order valence-electron chi connectivity index (χ3n) is 8.58. The third kappa shape index (κ3) is 3.89. The summed E-state index contributed by atoms with van der Waals surface area (Å²) in [6.45, 7) is 8.65. The van der Waals surface area contributed by atoms with Gasteiger partial charge in [0.15, 0.2) is 0 Å². The van der Waals surface area contributed by atoms with E-state index in [4.69, 9.17) is 9.31 Å². The molecule has 0 aromatic heterocycles. The van der Waals surface area contributed by atoms with E-state index in [1.54, 1.807) is 0 Å². The van der Waals surface area contributed by atoms with Crippen molar-refractivity contribution in [2.75, 3.05) is 13.1 Å². The molecule has 5 aliphatic rings. The van der Waals surface area contributed by atoms with Gasteiger partial charge >= 0.3 is 13.1 Å². The highest BCUT2D eigenvalue weighted by molar-refractivity contribution is 6.48. The fourth-order valence-corrected chi connectivity index (χ4v) is 6.52. The fraction of sp³-hybridized carbons (Fsp3) is 0.708. The van der Waals surface area contributed by atoms with Crippen LogP contribution in [0.2, 0.25) is 0 Å². The SMILES string of the molecule is CC1(C)[C@@H]2C[C@H]3OB([C@H](Cc4ccccc4)NC(=O)NC[C@@H]4CCCN4)O[C@@]3(C)[C@H]1C2. The van der Waals surface area contributed by atoms with E-state index in [1.165, 1.54) is 18.4 Å². The van der Waals surface area contributed by atoms with Gasteiger partial charge in [0.05, 0.1) is 17.6 Å². The van der Waals surface area contributed by atoms with Crippen LogP contribution in [0.3, 0.4) is 0 Å². The second-order valence-corrected chi connectivity index (χ2v) is 10.8. The summed E-state index contributed by atoms with van der Waals surface area (Å²) in [4.78, 5) is 12.8. The van der Waals surface area contributed by atoms with Crippen molar-refractivity contribution in [1.29, 1.82) is 0 Å². The number of carbonyl (C=O) groups excluding carboxylic acids is 1. The van der Waals surface area contributed by atoms with Gasteiger partial charge in [-0.15, -0.1) is 0 Å². The van der Waals surface area contributed by atoms with Crippen LogP contribution in [0.5, 0.6) is 0 Å². The maximum Gasteiger partial charge on any atom is 0.482 e. The summed E-state index contributed by atoms with van der Waals surface area (Å²) in [6.07, 6.45) is 5.35. The molecule has 6 rings (SSSR count). The number of hydrogen-bond acceptors (Lipinski definition) is 4. The molecular formula is C24H36BN3O3. The van der Waals surface area contributed by atoms with Gasteiger partial charge < -0.3 is 25.3 Å². The topological polar surface area (TPSA) is 71.6 Å². The van der Waals surface area contributed by atoms with Crippen molar-refractivity contribution in [2.45, 2.75) is 76.6 Å². The van der Waals surface area contributed by atoms with Gasteiger partial charge in [-0.1, -0.05) is 44.2 Å². The van der Waals surface area contributed by atoms with E-state index in [-0.39, 0.29) is 23.7 Å². The van der Waals surface area contributed by atoms with Gasteiger partial charge in [-0.2, -0.15) is 0 Å². The second-order valence-electron chi connectivity index (χ2n) is 10.8.